The van der Waals surface area contributed by atoms with E-state index in [9.17, 15) is 14.9 Å². The van der Waals surface area contributed by atoms with Gasteiger partial charge in [0.1, 0.15) is 0 Å². The van der Waals surface area contributed by atoms with Crippen molar-refractivity contribution >= 4 is 17.7 Å². The molecule has 0 saturated heterocycles. The quantitative estimate of drug-likeness (QED) is 0.607. The van der Waals surface area contributed by atoms with Gasteiger partial charge in [0, 0.05) is 19.5 Å². The number of rotatable bonds is 5. The summed E-state index contributed by atoms with van der Waals surface area (Å²) < 4.78 is 0. The van der Waals surface area contributed by atoms with E-state index in [0.29, 0.717) is 12.1 Å². The van der Waals surface area contributed by atoms with Crippen LogP contribution in [-0.2, 0) is 11.4 Å². The molecule has 1 aromatic rings. The van der Waals surface area contributed by atoms with Crippen LogP contribution in [0.3, 0.4) is 0 Å². The molecular formula is C12H14N2O4. The summed E-state index contributed by atoms with van der Waals surface area (Å²) in [7, 11) is 0. The number of aliphatic hydroxyl groups is 1. The molecule has 2 N–H and O–H groups in total. The van der Waals surface area contributed by atoms with E-state index in [1.165, 1.54) is 19.1 Å². The predicted octanol–water partition coefficient (Wildman–Crippen LogP) is 1.24. The van der Waals surface area contributed by atoms with E-state index in [0.717, 1.165) is 0 Å². The first kappa shape index (κ1) is 13.9. The van der Waals surface area contributed by atoms with Crippen molar-refractivity contribution in [1.29, 1.82) is 0 Å². The lowest BCUT2D eigenvalue weighted by atomic mass is 10.1. The Hall–Kier alpha value is -2.21. The van der Waals surface area contributed by atoms with Crippen molar-refractivity contribution in [2.24, 2.45) is 0 Å². The Balaban J connectivity index is 2.82. The molecule has 0 aliphatic rings. The number of nitrogens with one attached hydrogen (secondary N) is 1. The van der Waals surface area contributed by atoms with Crippen molar-refractivity contribution in [1.82, 2.24) is 5.32 Å². The molecule has 96 valence electrons. The Kier molecular flexibility index (Phi) is 5.01. The number of amides is 1. The standard InChI is InChI=1S/C12H14N2O4/c1-9(16)13-6-2-3-10-4-5-11(8-15)12(7-10)14(17)18/h2-5,7,15H,6,8H2,1H3,(H,13,16). The fraction of sp³-hybridized carbons (Fsp3) is 0.250. The lowest BCUT2D eigenvalue weighted by molar-refractivity contribution is -0.385. The second-order valence-corrected chi connectivity index (χ2v) is 3.64. The van der Waals surface area contributed by atoms with Crippen molar-refractivity contribution in [2.75, 3.05) is 6.54 Å². The van der Waals surface area contributed by atoms with E-state index in [4.69, 9.17) is 5.11 Å². The third-order valence-electron chi connectivity index (χ3n) is 2.26. The van der Waals surface area contributed by atoms with Gasteiger partial charge in [0.15, 0.2) is 0 Å². The van der Waals surface area contributed by atoms with Gasteiger partial charge in [-0.15, -0.1) is 0 Å². The number of carbonyl (C=O) groups excluding carboxylic acids is 1. The summed E-state index contributed by atoms with van der Waals surface area (Å²) in [5.41, 5.74) is 0.808. The van der Waals surface area contributed by atoms with E-state index in [2.05, 4.69) is 5.32 Å². The minimum Gasteiger partial charge on any atom is -0.391 e. The molecule has 0 aliphatic carbocycles. The summed E-state index contributed by atoms with van der Waals surface area (Å²) in [6, 6.07) is 4.56. The van der Waals surface area contributed by atoms with Crippen LogP contribution in [-0.4, -0.2) is 22.5 Å². The second-order valence-electron chi connectivity index (χ2n) is 3.64. The molecule has 0 aromatic heterocycles. The molecule has 0 fully saturated rings. The normalized spacial score (nSPS) is 10.6. The number of hydrogen-bond acceptors (Lipinski definition) is 4. The highest BCUT2D eigenvalue weighted by molar-refractivity contribution is 5.73. The summed E-state index contributed by atoms with van der Waals surface area (Å²) >= 11 is 0. The molecule has 1 aromatic carbocycles. The minimum absolute atomic E-state index is 0.112. The first-order valence-corrected chi connectivity index (χ1v) is 5.33. The summed E-state index contributed by atoms with van der Waals surface area (Å²) in [6.07, 6.45) is 3.36. The van der Waals surface area contributed by atoms with Gasteiger partial charge < -0.3 is 10.4 Å². The summed E-state index contributed by atoms with van der Waals surface area (Å²) in [6.45, 7) is 1.41. The highest BCUT2D eigenvalue weighted by Crippen LogP contribution is 2.20. The van der Waals surface area contributed by atoms with Crippen LogP contribution in [0, 0.1) is 10.1 Å². The van der Waals surface area contributed by atoms with Crippen LogP contribution >= 0.6 is 0 Å². The first-order valence-electron chi connectivity index (χ1n) is 5.33. The van der Waals surface area contributed by atoms with Gasteiger partial charge >= 0.3 is 0 Å². The van der Waals surface area contributed by atoms with Gasteiger partial charge in [-0.1, -0.05) is 18.2 Å². The number of nitro groups is 1. The number of benzene rings is 1. The van der Waals surface area contributed by atoms with Crippen molar-refractivity contribution in [3.8, 4) is 0 Å². The molecule has 6 heteroatoms. The summed E-state index contributed by atoms with van der Waals surface area (Å²) in [4.78, 5) is 20.9. The molecule has 0 heterocycles. The van der Waals surface area contributed by atoms with Crippen molar-refractivity contribution < 1.29 is 14.8 Å². The van der Waals surface area contributed by atoms with Gasteiger partial charge in [0.25, 0.3) is 5.69 Å². The average Bonchev–Trinajstić information content (AvgIpc) is 2.34. The number of aliphatic hydroxyl groups excluding tert-OH is 1. The molecular weight excluding hydrogens is 236 g/mol. The van der Waals surface area contributed by atoms with Gasteiger partial charge in [0.05, 0.1) is 17.1 Å². The van der Waals surface area contributed by atoms with E-state index in [1.54, 1.807) is 18.2 Å². The van der Waals surface area contributed by atoms with Crippen LogP contribution in [0.15, 0.2) is 24.3 Å². The SMILES string of the molecule is CC(=O)NCC=Cc1ccc(CO)c([N+](=O)[O-])c1. The van der Waals surface area contributed by atoms with E-state index >= 15 is 0 Å². The monoisotopic (exact) mass is 250 g/mol. The summed E-state index contributed by atoms with van der Waals surface area (Å²) in [5, 5.41) is 22.3. The van der Waals surface area contributed by atoms with E-state index in [-0.39, 0.29) is 23.8 Å². The molecule has 6 nitrogen and oxygen atoms in total. The average molecular weight is 250 g/mol. The Bertz CT molecular complexity index is 483. The maximum Gasteiger partial charge on any atom is 0.275 e. The maximum absolute atomic E-state index is 10.8. The molecule has 0 saturated carbocycles. The van der Waals surface area contributed by atoms with Gasteiger partial charge in [0.2, 0.25) is 5.91 Å². The highest BCUT2D eigenvalue weighted by Gasteiger charge is 2.12. The fourth-order valence-corrected chi connectivity index (χ4v) is 1.39. The van der Waals surface area contributed by atoms with Crippen LogP contribution in [0.1, 0.15) is 18.1 Å². The molecule has 0 aliphatic heterocycles. The smallest absolute Gasteiger partial charge is 0.275 e. The zero-order valence-corrected chi connectivity index (χ0v) is 9.92. The summed E-state index contributed by atoms with van der Waals surface area (Å²) in [5.74, 6) is -0.138. The lowest BCUT2D eigenvalue weighted by Gasteiger charge is -2.01. The molecule has 1 amide bonds. The Morgan fingerprint density at radius 1 is 1.56 bits per heavy atom. The zero-order valence-electron chi connectivity index (χ0n) is 9.92. The topological polar surface area (TPSA) is 92.5 Å². The number of nitrogens with zero attached hydrogens (tertiary/aromatic N) is 1. The van der Waals surface area contributed by atoms with Crippen LogP contribution in [0.5, 0.6) is 0 Å². The van der Waals surface area contributed by atoms with Gasteiger partial charge in [-0.3, -0.25) is 14.9 Å². The Labute approximate surface area is 104 Å². The molecule has 0 atom stereocenters. The third-order valence-corrected chi connectivity index (χ3v) is 2.26. The Morgan fingerprint density at radius 3 is 2.83 bits per heavy atom. The second kappa shape index (κ2) is 6.51. The largest absolute Gasteiger partial charge is 0.391 e. The molecule has 0 unspecified atom stereocenters. The van der Waals surface area contributed by atoms with Crippen LogP contribution < -0.4 is 5.32 Å². The fourth-order valence-electron chi connectivity index (χ4n) is 1.39. The molecule has 1 rings (SSSR count). The molecule has 0 spiro atoms. The molecule has 0 bridgehead atoms. The highest BCUT2D eigenvalue weighted by atomic mass is 16.6. The lowest BCUT2D eigenvalue weighted by Crippen LogP contribution is -2.19. The number of hydrogen-bond donors (Lipinski definition) is 2. The third kappa shape index (κ3) is 3.99. The van der Waals surface area contributed by atoms with E-state index < -0.39 is 4.92 Å². The number of nitro benzene ring substituents is 1. The van der Waals surface area contributed by atoms with E-state index in [1.807, 2.05) is 0 Å². The molecule has 18 heavy (non-hydrogen) atoms. The van der Waals surface area contributed by atoms with Gasteiger partial charge in [-0.2, -0.15) is 0 Å². The predicted molar refractivity (Wildman–Crippen MR) is 66.7 cm³/mol. The maximum atomic E-state index is 10.8. The number of carbonyl (C=O) groups is 1. The molecule has 0 radical (unpaired) electrons. The minimum atomic E-state index is -0.531. The zero-order chi connectivity index (χ0) is 13.5. The van der Waals surface area contributed by atoms with Crippen LogP contribution in [0.25, 0.3) is 6.08 Å². The first-order chi connectivity index (χ1) is 8.54. The Morgan fingerprint density at radius 2 is 2.28 bits per heavy atom. The van der Waals surface area contributed by atoms with Crippen LogP contribution in [0.4, 0.5) is 5.69 Å². The van der Waals surface area contributed by atoms with Gasteiger partial charge in [-0.25, -0.2) is 0 Å². The van der Waals surface area contributed by atoms with Crippen LogP contribution in [0.2, 0.25) is 0 Å². The van der Waals surface area contributed by atoms with Gasteiger partial charge in [-0.05, 0) is 11.6 Å². The van der Waals surface area contributed by atoms with Crippen molar-refractivity contribution in [3.63, 3.8) is 0 Å². The van der Waals surface area contributed by atoms with Crippen molar-refractivity contribution in [3.05, 3.63) is 45.5 Å². The van der Waals surface area contributed by atoms with Crippen molar-refractivity contribution in [2.45, 2.75) is 13.5 Å².